The van der Waals surface area contributed by atoms with Crippen LogP contribution < -0.4 is 5.32 Å². The summed E-state index contributed by atoms with van der Waals surface area (Å²) >= 11 is 0. The number of hydrogen-bond acceptors (Lipinski definition) is 4. The Kier molecular flexibility index (Phi) is 5.65. The highest BCUT2D eigenvalue weighted by molar-refractivity contribution is 7.54. The van der Waals surface area contributed by atoms with Crippen molar-refractivity contribution in [3.05, 3.63) is 65.2 Å². The fourth-order valence-corrected chi connectivity index (χ4v) is 5.00. The topological polar surface area (TPSA) is 47.6 Å². The van der Waals surface area contributed by atoms with Crippen LogP contribution in [0.25, 0.3) is 0 Å². The number of aryl methyl sites for hydroxylation is 1. The molecule has 0 radical (unpaired) electrons. The molecule has 1 aliphatic rings. The van der Waals surface area contributed by atoms with Crippen LogP contribution in [0.1, 0.15) is 35.8 Å². The van der Waals surface area contributed by atoms with Crippen molar-refractivity contribution in [1.29, 1.82) is 0 Å². The SMILES string of the molecule is Cc1ccc([C@@H](Nc2cccc(C(F)(F)F)c2)[P@@]2(=O)OCC[C@H](C)O2)cc1. The number of alkyl halides is 3. The van der Waals surface area contributed by atoms with E-state index in [4.69, 9.17) is 9.05 Å². The molecule has 0 aliphatic carbocycles. The second kappa shape index (κ2) is 7.66. The van der Waals surface area contributed by atoms with Crippen molar-refractivity contribution in [2.24, 2.45) is 0 Å². The van der Waals surface area contributed by atoms with Crippen LogP contribution in [-0.4, -0.2) is 12.7 Å². The molecule has 146 valence electrons. The molecule has 0 unspecified atom stereocenters. The van der Waals surface area contributed by atoms with Crippen molar-refractivity contribution in [2.45, 2.75) is 38.3 Å². The molecule has 0 saturated carbocycles. The zero-order chi connectivity index (χ0) is 19.7. The van der Waals surface area contributed by atoms with Crippen molar-refractivity contribution in [2.75, 3.05) is 11.9 Å². The fourth-order valence-electron chi connectivity index (χ4n) is 2.85. The molecule has 0 bridgehead atoms. The fraction of sp³-hybridized carbons (Fsp3) is 0.368. The van der Waals surface area contributed by atoms with Crippen molar-refractivity contribution >= 4 is 13.3 Å². The summed E-state index contributed by atoms with van der Waals surface area (Å²) in [4.78, 5) is 0. The third-order valence-electron chi connectivity index (χ3n) is 4.33. The van der Waals surface area contributed by atoms with Gasteiger partial charge in [-0.05, 0) is 44.0 Å². The molecule has 1 saturated heterocycles. The summed E-state index contributed by atoms with van der Waals surface area (Å²) in [5.41, 5.74) is 1.03. The molecular weight excluding hydrogens is 378 g/mol. The summed E-state index contributed by atoms with van der Waals surface area (Å²) in [5.74, 6) is -0.913. The maximum absolute atomic E-state index is 13.4. The Morgan fingerprint density at radius 2 is 1.89 bits per heavy atom. The third kappa shape index (κ3) is 4.72. The van der Waals surface area contributed by atoms with Crippen LogP contribution in [0.2, 0.25) is 0 Å². The smallest absolute Gasteiger partial charge is 0.368 e. The Bertz CT molecular complexity index is 839. The predicted octanol–water partition coefficient (Wildman–Crippen LogP) is 6.14. The highest BCUT2D eigenvalue weighted by Gasteiger charge is 2.41. The van der Waals surface area contributed by atoms with Crippen molar-refractivity contribution in [3.8, 4) is 0 Å². The van der Waals surface area contributed by atoms with Crippen LogP contribution in [-0.2, 0) is 19.8 Å². The first-order valence-corrected chi connectivity index (χ1v) is 10.2. The first kappa shape index (κ1) is 19.9. The molecule has 0 spiro atoms. The van der Waals surface area contributed by atoms with Crippen LogP contribution in [0.4, 0.5) is 18.9 Å². The molecule has 3 atom stereocenters. The van der Waals surface area contributed by atoms with Gasteiger partial charge in [0.05, 0.1) is 18.3 Å². The molecule has 2 aromatic carbocycles. The van der Waals surface area contributed by atoms with Gasteiger partial charge in [0.1, 0.15) is 0 Å². The lowest BCUT2D eigenvalue weighted by Crippen LogP contribution is -2.23. The Balaban J connectivity index is 1.98. The van der Waals surface area contributed by atoms with Gasteiger partial charge in [0, 0.05) is 5.69 Å². The number of halogens is 3. The quantitative estimate of drug-likeness (QED) is 0.627. The maximum Gasteiger partial charge on any atom is 0.416 e. The molecule has 27 heavy (non-hydrogen) atoms. The van der Waals surface area contributed by atoms with Crippen LogP contribution in [0.3, 0.4) is 0 Å². The van der Waals surface area contributed by atoms with Gasteiger partial charge in [-0.2, -0.15) is 13.2 Å². The minimum absolute atomic E-state index is 0.191. The van der Waals surface area contributed by atoms with Gasteiger partial charge in [0.15, 0.2) is 5.78 Å². The number of benzene rings is 2. The summed E-state index contributed by atoms with van der Waals surface area (Å²) in [6.45, 7) is 3.98. The summed E-state index contributed by atoms with van der Waals surface area (Å²) in [7, 11) is -3.63. The van der Waals surface area contributed by atoms with E-state index in [1.165, 1.54) is 12.1 Å². The van der Waals surface area contributed by atoms with E-state index in [1.807, 2.05) is 19.1 Å². The Hall–Kier alpha value is -1.82. The summed E-state index contributed by atoms with van der Waals surface area (Å²) in [6.07, 6.45) is -4.12. The van der Waals surface area contributed by atoms with E-state index in [-0.39, 0.29) is 18.4 Å². The van der Waals surface area contributed by atoms with E-state index < -0.39 is 25.1 Å². The van der Waals surface area contributed by atoms with Crippen molar-refractivity contribution in [1.82, 2.24) is 0 Å². The molecule has 3 rings (SSSR count). The highest BCUT2D eigenvalue weighted by Crippen LogP contribution is 2.63. The van der Waals surface area contributed by atoms with Crippen molar-refractivity contribution in [3.63, 3.8) is 0 Å². The van der Waals surface area contributed by atoms with Gasteiger partial charge in [-0.3, -0.25) is 4.57 Å². The standard InChI is InChI=1S/C19H21F3NO3P/c1-13-6-8-15(9-7-13)18(27(24)25-11-10-14(2)26-27)23-17-5-3-4-16(12-17)19(20,21)22/h3-9,12,14,18,23H,10-11H2,1-2H3/t14-,18-,27+/m0/s1. The first-order chi connectivity index (χ1) is 12.7. The molecule has 2 aromatic rings. The normalized spacial score (nSPS) is 24.4. The van der Waals surface area contributed by atoms with Crippen LogP contribution in [0.15, 0.2) is 48.5 Å². The highest BCUT2D eigenvalue weighted by atomic mass is 31.2. The minimum Gasteiger partial charge on any atom is -0.368 e. The lowest BCUT2D eigenvalue weighted by Gasteiger charge is -2.34. The van der Waals surface area contributed by atoms with E-state index in [0.29, 0.717) is 12.0 Å². The van der Waals surface area contributed by atoms with E-state index in [0.717, 1.165) is 17.7 Å². The molecule has 1 heterocycles. The van der Waals surface area contributed by atoms with Gasteiger partial charge in [0.2, 0.25) is 0 Å². The van der Waals surface area contributed by atoms with Gasteiger partial charge in [-0.1, -0.05) is 35.9 Å². The summed E-state index contributed by atoms with van der Waals surface area (Å²) in [6, 6.07) is 12.0. The first-order valence-electron chi connectivity index (χ1n) is 8.60. The largest absolute Gasteiger partial charge is 0.416 e. The van der Waals surface area contributed by atoms with Gasteiger partial charge >= 0.3 is 13.8 Å². The Labute approximate surface area is 156 Å². The van der Waals surface area contributed by atoms with Crippen LogP contribution >= 0.6 is 7.60 Å². The summed E-state index contributed by atoms with van der Waals surface area (Å²) < 4.78 is 63.6. The molecule has 4 nitrogen and oxygen atoms in total. The molecule has 0 amide bonds. The number of rotatable bonds is 4. The second-order valence-corrected chi connectivity index (χ2v) is 8.68. The monoisotopic (exact) mass is 399 g/mol. The molecule has 1 fully saturated rings. The lowest BCUT2D eigenvalue weighted by molar-refractivity contribution is -0.137. The number of hydrogen-bond donors (Lipinski definition) is 1. The zero-order valence-electron chi connectivity index (χ0n) is 15.0. The van der Waals surface area contributed by atoms with Gasteiger partial charge in [-0.25, -0.2) is 0 Å². The molecule has 1 aliphatic heterocycles. The Morgan fingerprint density at radius 1 is 1.19 bits per heavy atom. The average molecular weight is 399 g/mol. The average Bonchev–Trinajstić information content (AvgIpc) is 2.60. The van der Waals surface area contributed by atoms with Gasteiger partial charge < -0.3 is 14.4 Å². The Morgan fingerprint density at radius 3 is 2.52 bits per heavy atom. The van der Waals surface area contributed by atoms with E-state index in [1.54, 1.807) is 19.1 Å². The third-order valence-corrected chi connectivity index (χ3v) is 6.58. The number of nitrogens with one attached hydrogen (secondary N) is 1. The summed E-state index contributed by atoms with van der Waals surface area (Å²) in [5, 5.41) is 2.94. The molecular formula is C19H21F3NO3P. The lowest BCUT2D eigenvalue weighted by atomic mass is 10.1. The van der Waals surface area contributed by atoms with Crippen LogP contribution in [0, 0.1) is 6.92 Å². The van der Waals surface area contributed by atoms with Crippen molar-refractivity contribution < 1.29 is 26.8 Å². The number of anilines is 1. The van der Waals surface area contributed by atoms with Gasteiger partial charge in [-0.15, -0.1) is 0 Å². The van der Waals surface area contributed by atoms with E-state index in [2.05, 4.69) is 5.32 Å². The molecule has 0 aromatic heterocycles. The molecule has 1 N–H and O–H groups in total. The zero-order valence-corrected chi connectivity index (χ0v) is 15.9. The molecule has 8 heteroatoms. The minimum atomic E-state index is -4.46. The van der Waals surface area contributed by atoms with E-state index >= 15 is 0 Å². The van der Waals surface area contributed by atoms with Crippen LogP contribution in [0.5, 0.6) is 0 Å². The predicted molar refractivity (Wildman–Crippen MR) is 97.7 cm³/mol. The van der Waals surface area contributed by atoms with Gasteiger partial charge in [0.25, 0.3) is 0 Å². The maximum atomic E-state index is 13.4. The second-order valence-electron chi connectivity index (χ2n) is 6.61. The van der Waals surface area contributed by atoms with E-state index in [9.17, 15) is 17.7 Å².